The van der Waals surface area contributed by atoms with Gasteiger partial charge in [0.25, 0.3) is 11.8 Å². The van der Waals surface area contributed by atoms with E-state index in [0.717, 1.165) is 53.7 Å². The number of anilines is 1. The lowest BCUT2D eigenvalue weighted by molar-refractivity contribution is -0.115. The van der Waals surface area contributed by atoms with Gasteiger partial charge in [0.1, 0.15) is 5.75 Å². The van der Waals surface area contributed by atoms with Crippen LogP contribution < -0.4 is 10.1 Å². The number of aliphatic hydroxyl groups excluding tert-OH is 1. The maximum Gasteiger partial charge on any atom is 0.274 e. The zero-order valence-corrected chi connectivity index (χ0v) is 29.9. The Hall–Kier alpha value is -4.96. The van der Waals surface area contributed by atoms with Crippen LogP contribution in [0.5, 0.6) is 5.75 Å². The summed E-state index contributed by atoms with van der Waals surface area (Å²) in [5, 5.41) is 18.1. The highest BCUT2D eigenvalue weighted by Crippen LogP contribution is 2.29. The number of ether oxygens (including phenoxy) is 1. The van der Waals surface area contributed by atoms with E-state index in [-0.39, 0.29) is 30.7 Å². The maximum absolute atomic E-state index is 14.6. The molecule has 3 aromatic carbocycles. The number of nitrogens with zero attached hydrogens (tertiary/aromatic N) is 4. The molecule has 0 unspecified atom stereocenters. The summed E-state index contributed by atoms with van der Waals surface area (Å²) in [6.45, 7) is 9.46. The molecule has 2 heterocycles. The van der Waals surface area contributed by atoms with Crippen LogP contribution >= 0.6 is 0 Å². The standard InChI is InChI=1S/C40H49N5O5/c1-6-8-18-43(19-9-7-2)40(49)35-21-28(4)45(42-35)36-16-15-32(41-38(47)22-29-14-17-37(50-5)27(3)20-29)24-34(36)39(48)44-25-31-13-11-10-12-30(31)23-33(44)26-46/h10-17,20-21,24,33,46H,6-9,18-19,22-23,25-26H2,1-5H3,(H,41,47)/t33-/m0/s1. The van der Waals surface area contributed by atoms with Crippen molar-refractivity contribution < 1.29 is 24.2 Å². The number of rotatable bonds is 14. The molecule has 1 aliphatic heterocycles. The van der Waals surface area contributed by atoms with E-state index in [1.54, 1.807) is 41.0 Å². The van der Waals surface area contributed by atoms with E-state index in [4.69, 9.17) is 9.84 Å². The zero-order chi connectivity index (χ0) is 35.8. The van der Waals surface area contributed by atoms with Gasteiger partial charge in [0.2, 0.25) is 5.91 Å². The van der Waals surface area contributed by atoms with Gasteiger partial charge in [0.05, 0.1) is 37.4 Å². The minimum Gasteiger partial charge on any atom is -0.496 e. The number of aliphatic hydroxyl groups is 1. The van der Waals surface area contributed by atoms with Crippen LogP contribution in [0.1, 0.15) is 88.3 Å². The van der Waals surface area contributed by atoms with Gasteiger partial charge >= 0.3 is 0 Å². The number of aryl methyl sites for hydroxylation is 2. The van der Waals surface area contributed by atoms with Gasteiger partial charge in [-0.1, -0.05) is 63.1 Å². The fourth-order valence-electron chi connectivity index (χ4n) is 6.55. The van der Waals surface area contributed by atoms with Crippen LogP contribution in [0.2, 0.25) is 0 Å². The molecule has 0 fully saturated rings. The third-order valence-electron chi connectivity index (χ3n) is 9.35. The second-order valence-electron chi connectivity index (χ2n) is 13.1. The molecule has 3 amide bonds. The summed E-state index contributed by atoms with van der Waals surface area (Å²) in [6.07, 6.45) is 4.44. The van der Waals surface area contributed by atoms with Crippen molar-refractivity contribution in [3.63, 3.8) is 0 Å². The van der Waals surface area contributed by atoms with Crippen LogP contribution in [0.3, 0.4) is 0 Å². The average Bonchev–Trinajstić information content (AvgIpc) is 3.51. The molecule has 0 radical (unpaired) electrons. The molecule has 0 saturated heterocycles. The van der Waals surface area contributed by atoms with E-state index in [2.05, 4.69) is 19.2 Å². The van der Waals surface area contributed by atoms with Gasteiger partial charge in [-0.15, -0.1) is 0 Å². The Kier molecular flexibility index (Phi) is 12.1. The molecule has 1 aliphatic rings. The molecule has 0 bridgehead atoms. The molecule has 10 nitrogen and oxygen atoms in total. The Morgan fingerprint density at radius 3 is 2.34 bits per heavy atom. The number of carbonyl (C=O) groups is 3. The number of nitrogens with one attached hydrogen (secondary N) is 1. The Bertz CT molecular complexity index is 1820. The van der Waals surface area contributed by atoms with Gasteiger partial charge in [-0.2, -0.15) is 5.10 Å². The normalized spacial score (nSPS) is 13.9. The molecule has 0 aliphatic carbocycles. The lowest BCUT2D eigenvalue weighted by atomic mass is 9.93. The van der Waals surface area contributed by atoms with Gasteiger partial charge in [0, 0.05) is 31.0 Å². The van der Waals surface area contributed by atoms with Crippen molar-refractivity contribution in [2.24, 2.45) is 0 Å². The SMILES string of the molecule is CCCCN(CCCC)C(=O)c1cc(C)n(-c2ccc(NC(=O)Cc3ccc(OC)c(C)c3)cc2C(=O)N2Cc3ccccc3C[C@H]2CO)n1. The van der Waals surface area contributed by atoms with Crippen LogP contribution in [0.15, 0.2) is 66.7 Å². The summed E-state index contributed by atoms with van der Waals surface area (Å²) in [5.41, 5.74) is 6.16. The fraction of sp³-hybridized carbons (Fsp3) is 0.400. The minimum absolute atomic E-state index is 0.132. The number of hydrogen-bond donors (Lipinski definition) is 2. The van der Waals surface area contributed by atoms with Gasteiger partial charge in [0.15, 0.2) is 5.69 Å². The first-order valence-electron chi connectivity index (χ1n) is 17.6. The summed E-state index contributed by atoms with van der Waals surface area (Å²) < 4.78 is 6.99. The second-order valence-corrected chi connectivity index (χ2v) is 13.1. The zero-order valence-electron chi connectivity index (χ0n) is 29.9. The first-order valence-corrected chi connectivity index (χ1v) is 17.6. The van der Waals surface area contributed by atoms with Crippen LogP contribution in [-0.2, 0) is 24.2 Å². The van der Waals surface area contributed by atoms with Gasteiger partial charge < -0.3 is 25.0 Å². The fourth-order valence-corrected chi connectivity index (χ4v) is 6.55. The number of hydrogen-bond acceptors (Lipinski definition) is 6. The Labute approximate surface area is 295 Å². The van der Waals surface area contributed by atoms with Crippen LogP contribution in [0.25, 0.3) is 5.69 Å². The number of benzene rings is 3. The van der Waals surface area contributed by atoms with Gasteiger partial charge in [-0.3, -0.25) is 14.4 Å². The first-order chi connectivity index (χ1) is 24.2. The molecule has 264 valence electrons. The topological polar surface area (TPSA) is 117 Å². The number of carbonyl (C=O) groups excluding carboxylic acids is 3. The summed E-state index contributed by atoms with van der Waals surface area (Å²) >= 11 is 0. The van der Waals surface area contributed by atoms with E-state index in [1.807, 2.05) is 61.2 Å². The largest absolute Gasteiger partial charge is 0.496 e. The van der Waals surface area contributed by atoms with E-state index >= 15 is 0 Å². The average molecular weight is 680 g/mol. The quantitative estimate of drug-likeness (QED) is 0.162. The second kappa shape index (κ2) is 16.6. The molecule has 0 spiro atoms. The third-order valence-corrected chi connectivity index (χ3v) is 9.35. The predicted octanol–water partition coefficient (Wildman–Crippen LogP) is 6.28. The van der Waals surface area contributed by atoms with E-state index in [9.17, 15) is 19.5 Å². The molecule has 1 aromatic heterocycles. The number of aromatic nitrogens is 2. The minimum atomic E-state index is -0.427. The Balaban J connectivity index is 1.50. The lowest BCUT2D eigenvalue weighted by Gasteiger charge is -2.36. The summed E-state index contributed by atoms with van der Waals surface area (Å²) in [6, 6.07) is 20.1. The number of methoxy groups -OCH3 is 1. The van der Waals surface area contributed by atoms with E-state index in [0.29, 0.717) is 54.4 Å². The van der Waals surface area contributed by atoms with E-state index < -0.39 is 6.04 Å². The number of amides is 3. The monoisotopic (exact) mass is 679 g/mol. The molecular formula is C40H49N5O5. The molecule has 50 heavy (non-hydrogen) atoms. The van der Waals surface area contributed by atoms with Crippen LogP contribution in [0, 0.1) is 13.8 Å². The summed E-state index contributed by atoms with van der Waals surface area (Å²) in [5.74, 6) is 0.0871. The van der Waals surface area contributed by atoms with Crippen molar-refractivity contribution in [3.8, 4) is 11.4 Å². The molecule has 1 atom stereocenters. The third kappa shape index (κ3) is 8.25. The highest BCUT2D eigenvalue weighted by molar-refractivity contribution is 6.01. The van der Waals surface area contributed by atoms with Crippen molar-refractivity contribution in [1.82, 2.24) is 19.6 Å². The van der Waals surface area contributed by atoms with Crippen molar-refractivity contribution in [1.29, 1.82) is 0 Å². The maximum atomic E-state index is 14.6. The molecule has 0 saturated carbocycles. The number of fused-ring (bicyclic) bond motifs is 1. The molecule has 10 heteroatoms. The van der Waals surface area contributed by atoms with Crippen molar-refractivity contribution in [3.05, 3.63) is 106 Å². The van der Waals surface area contributed by atoms with Crippen molar-refractivity contribution in [2.75, 3.05) is 32.1 Å². The highest BCUT2D eigenvalue weighted by atomic mass is 16.5. The van der Waals surface area contributed by atoms with Crippen LogP contribution in [-0.4, -0.2) is 75.3 Å². The first kappa shape index (κ1) is 36.3. The molecular weight excluding hydrogens is 630 g/mol. The number of unbranched alkanes of at least 4 members (excludes halogenated alkanes) is 2. The lowest BCUT2D eigenvalue weighted by Crippen LogP contribution is -2.46. The highest BCUT2D eigenvalue weighted by Gasteiger charge is 2.32. The van der Waals surface area contributed by atoms with Crippen molar-refractivity contribution >= 4 is 23.4 Å². The van der Waals surface area contributed by atoms with E-state index in [1.165, 1.54) is 0 Å². The van der Waals surface area contributed by atoms with Crippen molar-refractivity contribution in [2.45, 2.75) is 78.8 Å². The van der Waals surface area contributed by atoms with Crippen LogP contribution in [0.4, 0.5) is 5.69 Å². The summed E-state index contributed by atoms with van der Waals surface area (Å²) in [4.78, 5) is 45.1. The molecule has 4 aromatic rings. The Morgan fingerprint density at radius 1 is 0.960 bits per heavy atom. The van der Waals surface area contributed by atoms with Gasteiger partial charge in [-0.05, 0) is 85.7 Å². The molecule has 2 N–H and O–H groups in total. The van der Waals surface area contributed by atoms with Gasteiger partial charge in [-0.25, -0.2) is 4.68 Å². The smallest absolute Gasteiger partial charge is 0.274 e. The molecule has 5 rings (SSSR count). The predicted molar refractivity (Wildman–Crippen MR) is 195 cm³/mol. The Morgan fingerprint density at radius 2 is 1.68 bits per heavy atom. The summed E-state index contributed by atoms with van der Waals surface area (Å²) in [7, 11) is 1.61.